The topological polar surface area (TPSA) is 107 Å². The first-order valence-electron chi connectivity index (χ1n) is 15.8. The van der Waals surface area contributed by atoms with Gasteiger partial charge in [0.1, 0.15) is 16.9 Å². The van der Waals surface area contributed by atoms with E-state index in [1.807, 2.05) is 53.1 Å². The van der Waals surface area contributed by atoms with Crippen molar-refractivity contribution in [1.29, 1.82) is 0 Å². The number of halogens is 1. The molecule has 6 rings (SSSR count). The summed E-state index contributed by atoms with van der Waals surface area (Å²) in [4.78, 5) is 13.1. The van der Waals surface area contributed by atoms with Crippen LogP contribution in [0.4, 0.5) is 5.82 Å². The Hall–Kier alpha value is -3.80. The van der Waals surface area contributed by atoms with Crippen molar-refractivity contribution < 1.29 is 18.6 Å². The number of nitrogen functional groups attached to an aromatic ring is 1. The summed E-state index contributed by atoms with van der Waals surface area (Å²) in [5.74, 6) is 0.988. The van der Waals surface area contributed by atoms with Gasteiger partial charge in [-0.05, 0) is 58.6 Å². The van der Waals surface area contributed by atoms with Gasteiger partial charge in [0.25, 0.3) is 0 Å². The lowest BCUT2D eigenvalue weighted by Gasteiger charge is -2.39. The third-order valence-electron chi connectivity index (χ3n) is 9.44. The molecule has 2 N–H and O–H groups in total. The molecule has 0 spiro atoms. The zero-order valence-corrected chi connectivity index (χ0v) is 29.4. The van der Waals surface area contributed by atoms with Crippen LogP contribution in [0.1, 0.15) is 50.1 Å². The summed E-state index contributed by atoms with van der Waals surface area (Å²) < 4.78 is 28.4. The number of hydrogen-bond donors (Lipinski definition) is 1. The molecule has 2 aromatic heterocycles. The van der Waals surface area contributed by atoms with E-state index < -0.39 is 20.1 Å². The van der Waals surface area contributed by atoms with Crippen LogP contribution in [0.5, 0.6) is 5.75 Å². The molecule has 1 fully saturated rings. The van der Waals surface area contributed by atoms with Gasteiger partial charge in [-0.3, -0.25) is 4.57 Å². The Labute approximate surface area is 282 Å². The fourth-order valence-electron chi connectivity index (χ4n) is 5.97. The summed E-state index contributed by atoms with van der Waals surface area (Å²) in [5.41, 5.74) is 9.18. The Balaban J connectivity index is 1.40. The Kier molecular flexibility index (Phi) is 9.16. The number of anilines is 1. The van der Waals surface area contributed by atoms with Gasteiger partial charge in [-0.15, -0.1) is 0 Å². The van der Waals surface area contributed by atoms with Gasteiger partial charge in [0.05, 0.1) is 32.3 Å². The summed E-state index contributed by atoms with van der Waals surface area (Å²) in [5, 5.41) is 0.0370. The zero-order chi connectivity index (χ0) is 33.4. The molecule has 3 heterocycles. The smallest absolute Gasteiger partial charge is 0.226 e. The third-order valence-corrected chi connectivity index (χ3v) is 14.1. The van der Waals surface area contributed by atoms with Crippen molar-refractivity contribution in [2.45, 2.75) is 69.4 Å². The molecule has 0 amide bonds. The van der Waals surface area contributed by atoms with E-state index in [-0.39, 0.29) is 35.0 Å². The highest BCUT2D eigenvalue weighted by Crippen LogP contribution is 2.45. The van der Waals surface area contributed by atoms with Gasteiger partial charge in [-0.25, -0.2) is 4.98 Å². The standard InChI is InChI=1S/C36H42ClN5O4Si/c1-35(2,3)47(5,6)46-29-21-28(45-33(29)42-23-39-30-31(38)40-34(37)41-32(30)42)22-44-36(24-13-9-7-10-14-24,25-15-11-8-12-16-25)26-17-19-27(43-4)20-18-26/h7-20,23,28-29,33H,21-22H2,1-6H3,(H2,38,40,41)/t28-,29+,33+/m0/s1. The van der Waals surface area contributed by atoms with E-state index in [0.717, 1.165) is 22.4 Å². The van der Waals surface area contributed by atoms with Crippen LogP contribution in [0.25, 0.3) is 11.2 Å². The molecule has 246 valence electrons. The molecule has 9 nitrogen and oxygen atoms in total. The molecule has 1 aliphatic heterocycles. The summed E-state index contributed by atoms with van der Waals surface area (Å²) in [6, 6.07) is 28.6. The number of nitrogens with zero attached hydrogens (tertiary/aromatic N) is 4. The summed E-state index contributed by atoms with van der Waals surface area (Å²) in [6.07, 6.45) is 1.15. The highest BCUT2D eigenvalue weighted by molar-refractivity contribution is 6.74. The summed E-state index contributed by atoms with van der Waals surface area (Å²) in [7, 11) is -0.552. The maximum atomic E-state index is 7.18. The average Bonchev–Trinajstić information content (AvgIpc) is 3.65. The molecular formula is C36H42ClN5O4Si. The molecule has 3 aromatic carbocycles. The molecule has 1 saturated heterocycles. The van der Waals surface area contributed by atoms with Crippen molar-refractivity contribution in [3.8, 4) is 5.75 Å². The van der Waals surface area contributed by atoms with Crippen LogP contribution in [0, 0.1) is 0 Å². The highest BCUT2D eigenvalue weighted by atomic mass is 35.5. The van der Waals surface area contributed by atoms with E-state index in [1.165, 1.54) is 0 Å². The zero-order valence-electron chi connectivity index (χ0n) is 27.7. The molecule has 0 bridgehead atoms. The number of aromatic nitrogens is 4. The summed E-state index contributed by atoms with van der Waals surface area (Å²) >= 11 is 6.25. The SMILES string of the molecule is COc1ccc(C(OC[C@@H]2C[C@@H](O[Si](C)(C)C(C)(C)C)[C@H](n3cnc4c(N)nc(Cl)nc43)O2)(c2ccccc2)c2ccccc2)cc1. The fourth-order valence-corrected chi connectivity index (χ4v) is 7.46. The molecule has 3 atom stereocenters. The Bertz CT molecular complexity index is 1770. The molecule has 0 radical (unpaired) electrons. The lowest BCUT2D eigenvalue weighted by atomic mass is 9.80. The molecular weight excluding hydrogens is 630 g/mol. The fraction of sp³-hybridized carbons (Fsp3) is 0.361. The largest absolute Gasteiger partial charge is 0.497 e. The first-order chi connectivity index (χ1) is 22.4. The van der Waals surface area contributed by atoms with Crippen LogP contribution in [0.3, 0.4) is 0 Å². The second kappa shape index (κ2) is 13.0. The predicted molar refractivity (Wildman–Crippen MR) is 187 cm³/mol. The first-order valence-corrected chi connectivity index (χ1v) is 19.1. The predicted octanol–water partition coefficient (Wildman–Crippen LogP) is 7.76. The van der Waals surface area contributed by atoms with Crippen LogP contribution in [0.2, 0.25) is 23.4 Å². The van der Waals surface area contributed by atoms with E-state index in [1.54, 1.807) is 13.4 Å². The van der Waals surface area contributed by atoms with Gasteiger partial charge >= 0.3 is 0 Å². The second-order valence-electron chi connectivity index (χ2n) is 13.5. The Morgan fingerprint density at radius 2 is 1.51 bits per heavy atom. The molecule has 47 heavy (non-hydrogen) atoms. The van der Waals surface area contributed by atoms with Crippen molar-refractivity contribution in [2.24, 2.45) is 0 Å². The minimum Gasteiger partial charge on any atom is -0.497 e. The third kappa shape index (κ3) is 6.40. The highest BCUT2D eigenvalue weighted by Gasteiger charge is 2.47. The van der Waals surface area contributed by atoms with E-state index >= 15 is 0 Å². The van der Waals surface area contributed by atoms with Crippen LogP contribution in [0.15, 0.2) is 91.3 Å². The van der Waals surface area contributed by atoms with Crippen LogP contribution >= 0.6 is 11.6 Å². The molecule has 5 aromatic rings. The summed E-state index contributed by atoms with van der Waals surface area (Å²) in [6.45, 7) is 11.5. The van der Waals surface area contributed by atoms with Crippen molar-refractivity contribution >= 4 is 36.9 Å². The number of imidazole rings is 1. The van der Waals surface area contributed by atoms with Crippen molar-refractivity contribution in [3.05, 3.63) is 113 Å². The molecule has 0 unspecified atom stereocenters. The number of benzene rings is 3. The van der Waals surface area contributed by atoms with Gasteiger partial charge in [0, 0.05) is 6.42 Å². The van der Waals surface area contributed by atoms with Crippen molar-refractivity contribution in [3.63, 3.8) is 0 Å². The van der Waals surface area contributed by atoms with Gasteiger partial charge in [-0.1, -0.05) is 93.6 Å². The average molecular weight is 672 g/mol. The second-order valence-corrected chi connectivity index (χ2v) is 18.6. The number of nitrogens with two attached hydrogens (primary N) is 1. The molecule has 1 aliphatic rings. The monoisotopic (exact) mass is 671 g/mol. The maximum Gasteiger partial charge on any atom is 0.226 e. The van der Waals surface area contributed by atoms with Gasteiger partial charge < -0.3 is 24.4 Å². The quantitative estimate of drug-likeness (QED) is 0.0912. The van der Waals surface area contributed by atoms with Crippen LogP contribution in [-0.2, 0) is 19.5 Å². The lowest BCUT2D eigenvalue weighted by molar-refractivity contribution is -0.0841. The minimum atomic E-state index is -2.22. The van der Waals surface area contributed by atoms with Gasteiger partial charge in [-0.2, -0.15) is 9.97 Å². The van der Waals surface area contributed by atoms with Crippen LogP contribution < -0.4 is 10.5 Å². The lowest BCUT2D eigenvalue weighted by Crippen LogP contribution is -2.45. The number of rotatable bonds is 10. The van der Waals surface area contributed by atoms with E-state index in [0.29, 0.717) is 17.6 Å². The number of ether oxygens (including phenoxy) is 3. The van der Waals surface area contributed by atoms with Crippen molar-refractivity contribution in [1.82, 2.24) is 19.5 Å². The van der Waals surface area contributed by atoms with E-state index in [9.17, 15) is 0 Å². The molecule has 0 aliphatic carbocycles. The van der Waals surface area contributed by atoms with Crippen molar-refractivity contribution in [2.75, 3.05) is 19.5 Å². The minimum absolute atomic E-state index is 0.0107. The van der Waals surface area contributed by atoms with Gasteiger partial charge in [0.2, 0.25) is 5.28 Å². The number of methoxy groups -OCH3 is 1. The molecule has 11 heteroatoms. The normalized spacial score (nSPS) is 18.9. The number of fused-ring (bicyclic) bond motifs is 1. The van der Waals surface area contributed by atoms with E-state index in [4.69, 9.17) is 36.0 Å². The maximum absolute atomic E-state index is 7.18. The van der Waals surface area contributed by atoms with E-state index in [2.05, 4.69) is 85.2 Å². The number of hydrogen-bond acceptors (Lipinski definition) is 8. The Morgan fingerprint density at radius 3 is 2.09 bits per heavy atom. The Morgan fingerprint density at radius 1 is 0.915 bits per heavy atom. The molecule has 0 saturated carbocycles. The van der Waals surface area contributed by atoms with Crippen LogP contribution in [-0.4, -0.2) is 53.8 Å². The van der Waals surface area contributed by atoms with Gasteiger partial charge in [0.15, 0.2) is 26.0 Å². The first kappa shape index (κ1) is 33.1.